The first kappa shape index (κ1) is 13.7. The molecule has 1 amide bonds. The summed E-state index contributed by atoms with van der Waals surface area (Å²) in [5.74, 6) is -0.811. The first-order chi connectivity index (χ1) is 9.04. The van der Waals surface area contributed by atoms with Crippen molar-refractivity contribution in [2.75, 3.05) is 5.32 Å². The Hall–Kier alpha value is -1.69. The minimum absolute atomic E-state index is 0.169. The molecule has 0 fully saturated rings. The number of nitrogens with zero attached hydrogens (tertiary/aromatic N) is 2. The number of carbonyl (C=O) groups excluding carboxylic acids is 1. The van der Waals surface area contributed by atoms with Crippen LogP contribution in [0.1, 0.15) is 6.92 Å². The van der Waals surface area contributed by atoms with Crippen LogP contribution in [0.5, 0.6) is 0 Å². The topological polar surface area (TPSA) is 46.9 Å². The monoisotopic (exact) mass is 325 g/mol. The molecule has 0 radical (unpaired) electrons. The van der Waals surface area contributed by atoms with Crippen molar-refractivity contribution in [3.8, 4) is 0 Å². The van der Waals surface area contributed by atoms with Crippen molar-refractivity contribution < 1.29 is 9.18 Å². The highest BCUT2D eigenvalue weighted by Gasteiger charge is 2.14. The smallest absolute Gasteiger partial charge is 0.229 e. The van der Waals surface area contributed by atoms with E-state index in [-0.39, 0.29) is 17.6 Å². The van der Waals surface area contributed by atoms with Gasteiger partial charge in [-0.15, -0.1) is 0 Å². The Morgan fingerprint density at radius 3 is 3.00 bits per heavy atom. The summed E-state index contributed by atoms with van der Waals surface area (Å²) >= 11 is 3.30. The lowest BCUT2D eigenvalue weighted by atomic mass is 10.1. The van der Waals surface area contributed by atoms with E-state index in [0.717, 1.165) is 4.47 Å². The Bertz CT molecular complexity index is 585. The minimum atomic E-state index is -0.374. The third kappa shape index (κ3) is 3.89. The van der Waals surface area contributed by atoms with Crippen LogP contribution in [0.2, 0.25) is 0 Å². The average molecular weight is 326 g/mol. The number of aromatic nitrogens is 2. The molecule has 6 heteroatoms. The van der Waals surface area contributed by atoms with E-state index in [4.69, 9.17) is 0 Å². The normalized spacial score (nSPS) is 12.2. The van der Waals surface area contributed by atoms with Crippen LogP contribution in [0, 0.1) is 11.7 Å². The highest BCUT2D eigenvalue weighted by Crippen LogP contribution is 2.12. The maximum atomic E-state index is 13.0. The number of nitrogens with one attached hydrogen (secondary N) is 1. The van der Waals surface area contributed by atoms with E-state index in [9.17, 15) is 9.18 Å². The van der Waals surface area contributed by atoms with Crippen molar-refractivity contribution in [3.63, 3.8) is 0 Å². The largest absolute Gasteiger partial charge is 0.326 e. The number of halogens is 2. The number of hydrogen-bond donors (Lipinski definition) is 1. The molecule has 0 unspecified atom stereocenters. The maximum Gasteiger partial charge on any atom is 0.229 e. The van der Waals surface area contributed by atoms with Gasteiger partial charge < -0.3 is 5.32 Å². The molecule has 1 N–H and O–H groups in total. The summed E-state index contributed by atoms with van der Waals surface area (Å²) in [6.45, 7) is 2.26. The van der Waals surface area contributed by atoms with Gasteiger partial charge in [0, 0.05) is 11.9 Å². The van der Waals surface area contributed by atoms with Crippen molar-refractivity contribution in [3.05, 3.63) is 46.9 Å². The fraction of sp³-hybridized carbons (Fsp3) is 0.231. The van der Waals surface area contributed by atoms with E-state index in [0.29, 0.717) is 12.2 Å². The molecule has 0 saturated heterocycles. The van der Waals surface area contributed by atoms with Crippen molar-refractivity contribution in [2.45, 2.75) is 13.5 Å². The molecule has 2 aromatic rings. The predicted octanol–water partition coefficient (Wildman–Crippen LogP) is 3.06. The summed E-state index contributed by atoms with van der Waals surface area (Å²) < 4.78 is 15.5. The Balaban J connectivity index is 1.96. The van der Waals surface area contributed by atoms with Crippen LogP contribution < -0.4 is 5.32 Å². The predicted molar refractivity (Wildman–Crippen MR) is 74.1 cm³/mol. The second kappa shape index (κ2) is 5.97. The van der Waals surface area contributed by atoms with E-state index >= 15 is 0 Å². The number of carbonyl (C=O) groups is 1. The van der Waals surface area contributed by atoms with Gasteiger partial charge in [-0.05, 0) is 34.1 Å². The Kier molecular flexibility index (Phi) is 4.31. The van der Waals surface area contributed by atoms with E-state index < -0.39 is 0 Å². The van der Waals surface area contributed by atoms with Gasteiger partial charge >= 0.3 is 0 Å². The molecule has 1 heterocycles. The summed E-state index contributed by atoms with van der Waals surface area (Å²) in [6, 6.07) is 5.83. The van der Waals surface area contributed by atoms with Gasteiger partial charge in [-0.1, -0.05) is 13.0 Å². The fourth-order valence-corrected chi connectivity index (χ4v) is 1.96. The van der Waals surface area contributed by atoms with Gasteiger partial charge in [0.15, 0.2) is 0 Å². The molecule has 0 aliphatic rings. The molecule has 1 aromatic heterocycles. The molecule has 19 heavy (non-hydrogen) atoms. The standard InChI is InChI=1S/C13H13BrFN3O/c1-9(7-18-8-10(14)6-16-18)13(19)17-12-4-2-3-11(15)5-12/h2-6,8-9H,7H2,1H3,(H,17,19)/t9-/m0/s1. The van der Waals surface area contributed by atoms with Gasteiger partial charge in [0.2, 0.25) is 5.91 Å². The highest BCUT2D eigenvalue weighted by atomic mass is 79.9. The number of anilines is 1. The van der Waals surface area contributed by atoms with Crippen molar-refractivity contribution in [1.82, 2.24) is 9.78 Å². The van der Waals surface area contributed by atoms with Crippen LogP contribution in [0.15, 0.2) is 41.1 Å². The molecular weight excluding hydrogens is 313 g/mol. The second-order valence-corrected chi connectivity index (χ2v) is 5.20. The van der Waals surface area contributed by atoms with Crippen LogP contribution in [-0.2, 0) is 11.3 Å². The molecule has 1 aromatic carbocycles. The zero-order valence-electron chi connectivity index (χ0n) is 10.3. The van der Waals surface area contributed by atoms with Crippen LogP contribution in [0.3, 0.4) is 0 Å². The van der Waals surface area contributed by atoms with E-state index in [1.54, 1.807) is 36.1 Å². The molecule has 0 aliphatic carbocycles. The zero-order valence-corrected chi connectivity index (χ0v) is 11.9. The minimum Gasteiger partial charge on any atom is -0.326 e. The highest BCUT2D eigenvalue weighted by molar-refractivity contribution is 9.10. The summed E-state index contributed by atoms with van der Waals surface area (Å²) in [6.07, 6.45) is 3.46. The maximum absolute atomic E-state index is 13.0. The molecular formula is C13H13BrFN3O. The van der Waals surface area contributed by atoms with Gasteiger partial charge in [-0.25, -0.2) is 4.39 Å². The lowest BCUT2D eigenvalue weighted by Crippen LogP contribution is -2.24. The van der Waals surface area contributed by atoms with Gasteiger partial charge in [0.1, 0.15) is 5.82 Å². The van der Waals surface area contributed by atoms with Crippen molar-refractivity contribution in [2.24, 2.45) is 5.92 Å². The molecule has 0 aliphatic heterocycles. The molecule has 0 saturated carbocycles. The second-order valence-electron chi connectivity index (χ2n) is 4.28. The lowest BCUT2D eigenvalue weighted by Gasteiger charge is -2.12. The number of benzene rings is 1. The van der Waals surface area contributed by atoms with Crippen LogP contribution >= 0.6 is 15.9 Å². The van der Waals surface area contributed by atoms with E-state index in [1.807, 2.05) is 0 Å². The van der Waals surface area contributed by atoms with Gasteiger partial charge in [0.05, 0.1) is 23.1 Å². The molecule has 2 rings (SSSR count). The van der Waals surface area contributed by atoms with E-state index in [2.05, 4.69) is 26.3 Å². The lowest BCUT2D eigenvalue weighted by molar-refractivity contribution is -0.119. The van der Waals surface area contributed by atoms with Crippen LogP contribution in [0.25, 0.3) is 0 Å². The number of rotatable bonds is 4. The van der Waals surface area contributed by atoms with Gasteiger partial charge in [0.25, 0.3) is 0 Å². The summed E-state index contributed by atoms with van der Waals surface area (Å²) in [4.78, 5) is 11.9. The fourth-order valence-electron chi connectivity index (χ4n) is 1.63. The van der Waals surface area contributed by atoms with Gasteiger partial charge in [-0.3, -0.25) is 9.48 Å². The molecule has 0 bridgehead atoms. The molecule has 4 nitrogen and oxygen atoms in total. The van der Waals surface area contributed by atoms with Crippen LogP contribution in [0.4, 0.5) is 10.1 Å². The first-order valence-corrected chi connectivity index (χ1v) is 6.58. The molecule has 1 atom stereocenters. The van der Waals surface area contributed by atoms with Crippen molar-refractivity contribution in [1.29, 1.82) is 0 Å². The molecule has 0 spiro atoms. The Labute approximate surface area is 118 Å². The van der Waals surface area contributed by atoms with Gasteiger partial charge in [-0.2, -0.15) is 5.10 Å². The average Bonchev–Trinajstić information content (AvgIpc) is 2.74. The Morgan fingerprint density at radius 1 is 1.58 bits per heavy atom. The number of amides is 1. The summed E-state index contributed by atoms with van der Waals surface area (Å²) in [5.41, 5.74) is 0.457. The SMILES string of the molecule is C[C@@H](Cn1cc(Br)cn1)C(=O)Nc1cccc(F)c1. The first-order valence-electron chi connectivity index (χ1n) is 5.79. The van der Waals surface area contributed by atoms with Crippen LogP contribution in [-0.4, -0.2) is 15.7 Å². The Morgan fingerprint density at radius 2 is 2.37 bits per heavy atom. The third-order valence-corrected chi connectivity index (χ3v) is 3.01. The number of hydrogen-bond acceptors (Lipinski definition) is 2. The van der Waals surface area contributed by atoms with Crippen molar-refractivity contribution >= 4 is 27.5 Å². The quantitative estimate of drug-likeness (QED) is 0.939. The summed E-state index contributed by atoms with van der Waals surface area (Å²) in [7, 11) is 0. The third-order valence-electron chi connectivity index (χ3n) is 2.60. The van der Waals surface area contributed by atoms with E-state index in [1.165, 1.54) is 12.1 Å². The summed E-state index contributed by atoms with van der Waals surface area (Å²) in [5, 5.41) is 6.77. The zero-order chi connectivity index (χ0) is 13.8. The molecule has 100 valence electrons.